The second-order valence-corrected chi connectivity index (χ2v) is 7.44. The molecular formula is C23H23N3O5. The molecule has 0 saturated heterocycles. The van der Waals surface area contributed by atoms with Gasteiger partial charge in [-0.3, -0.25) is 15.0 Å². The number of benzene rings is 2. The van der Waals surface area contributed by atoms with Crippen LogP contribution in [0.1, 0.15) is 23.6 Å². The van der Waals surface area contributed by atoms with Crippen molar-refractivity contribution >= 4 is 28.7 Å². The van der Waals surface area contributed by atoms with Crippen molar-refractivity contribution in [1.82, 2.24) is 4.90 Å². The van der Waals surface area contributed by atoms with Crippen LogP contribution in [0.25, 0.3) is 11.0 Å². The van der Waals surface area contributed by atoms with Gasteiger partial charge in [0.25, 0.3) is 0 Å². The molecule has 0 spiro atoms. The number of fused-ring (bicyclic) bond motifs is 2. The number of ether oxygens (including phenoxy) is 1. The van der Waals surface area contributed by atoms with Gasteiger partial charge in [0, 0.05) is 36.3 Å². The van der Waals surface area contributed by atoms with Gasteiger partial charge in [0.15, 0.2) is 0 Å². The van der Waals surface area contributed by atoms with Crippen LogP contribution in [-0.2, 0) is 29.0 Å². The molecule has 1 atom stereocenters. The number of hydrogen-bond acceptors (Lipinski definition) is 6. The first-order chi connectivity index (χ1) is 14.9. The second kappa shape index (κ2) is 8.61. The Labute approximate surface area is 178 Å². The van der Waals surface area contributed by atoms with Crippen molar-refractivity contribution in [2.24, 2.45) is 5.73 Å². The molecule has 1 aliphatic rings. The molecule has 0 saturated carbocycles. The first-order valence-corrected chi connectivity index (χ1v) is 10.1. The van der Waals surface area contributed by atoms with Crippen LogP contribution < -0.4 is 16.7 Å². The normalized spacial score (nSPS) is 16.0. The van der Waals surface area contributed by atoms with Crippen molar-refractivity contribution < 1.29 is 18.7 Å². The van der Waals surface area contributed by atoms with Gasteiger partial charge in [-0.1, -0.05) is 24.3 Å². The number of rotatable bonds is 5. The number of hydrogen-bond donors (Lipinski definition) is 2. The van der Waals surface area contributed by atoms with E-state index in [1.807, 2.05) is 29.2 Å². The number of primary amides is 1. The van der Waals surface area contributed by atoms with Crippen LogP contribution in [0.3, 0.4) is 0 Å². The Bertz CT molecular complexity index is 1200. The number of nitrogens with one attached hydrogen (secondary N) is 1. The van der Waals surface area contributed by atoms with Crippen molar-refractivity contribution in [3.63, 3.8) is 0 Å². The Morgan fingerprint density at radius 1 is 1.19 bits per heavy atom. The van der Waals surface area contributed by atoms with Gasteiger partial charge in [-0.25, -0.2) is 9.59 Å². The van der Waals surface area contributed by atoms with E-state index >= 15 is 0 Å². The zero-order chi connectivity index (χ0) is 22.0. The highest BCUT2D eigenvalue weighted by atomic mass is 16.5. The lowest BCUT2D eigenvalue weighted by Crippen LogP contribution is -2.48. The SMILES string of the molecule is CCOC(=O)Nc1ccc2c(CN3Cc4ccccc4CC3C(N)=O)cc(=O)oc2c1. The smallest absolute Gasteiger partial charge is 0.411 e. The highest BCUT2D eigenvalue weighted by Gasteiger charge is 2.30. The van der Waals surface area contributed by atoms with Crippen LogP contribution >= 0.6 is 0 Å². The summed E-state index contributed by atoms with van der Waals surface area (Å²) in [7, 11) is 0. The highest BCUT2D eigenvalue weighted by Crippen LogP contribution is 2.28. The van der Waals surface area contributed by atoms with Crippen molar-refractivity contribution in [1.29, 1.82) is 0 Å². The molecule has 0 radical (unpaired) electrons. The Balaban J connectivity index is 1.66. The summed E-state index contributed by atoms with van der Waals surface area (Å²) in [5, 5.41) is 3.31. The first kappa shape index (κ1) is 20.6. The summed E-state index contributed by atoms with van der Waals surface area (Å²) >= 11 is 0. The van der Waals surface area contributed by atoms with Crippen molar-refractivity contribution in [3.05, 3.63) is 75.6 Å². The first-order valence-electron chi connectivity index (χ1n) is 10.1. The maximum atomic E-state index is 12.2. The predicted molar refractivity (Wildman–Crippen MR) is 116 cm³/mol. The molecule has 8 heteroatoms. The van der Waals surface area contributed by atoms with E-state index < -0.39 is 23.7 Å². The van der Waals surface area contributed by atoms with E-state index in [0.717, 1.165) is 22.1 Å². The quantitative estimate of drug-likeness (QED) is 0.612. The van der Waals surface area contributed by atoms with Gasteiger partial charge in [0.1, 0.15) is 5.58 Å². The second-order valence-electron chi connectivity index (χ2n) is 7.44. The lowest BCUT2D eigenvalue weighted by molar-refractivity contribution is -0.124. The molecule has 8 nitrogen and oxygen atoms in total. The molecule has 2 aromatic carbocycles. The number of carbonyl (C=O) groups excluding carboxylic acids is 2. The molecule has 0 bridgehead atoms. The fourth-order valence-electron chi connectivity index (χ4n) is 3.97. The number of carbonyl (C=O) groups is 2. The highest BCUT2D eigenvalue weighted by molar-refractivity contribution is 5.90. The van der Waals surface area contributed by atoms with Gasteiger partial charge in [-0.05, 0) is 42.2 Å². The number of nitrogens with zero attached hydrogens (tertiary/aromatic N) is 1. The summed E-state index contributed by atoms with van der Waals surface area (Å²) in [6.07, 6.45) is -0.0602. The molecular weight excluding hydrogens is 398 g/mol. The zero-order valence-corrected chi connectivity index (χ0v) is 17.1. The van der Waals surface area contributed by atoms with Gasteiger partial charge in [0.2, 0.25) is 5.91 Å². The number of amides is 2. The molecule has 3 aromatic rings. The molecule has 2 amide bonds. The van der Waals surface area contributed by atoms with Crippen molar-refractivity contribution in [2.75, 3.05) is 11.9 Å². The van der Waals surface area contributed by atoms with E-state index in [1.165, 1.54) is 6.07 Å². The number of anilines is 1. The third kappa shape index (κ3) is 4.44. The Kier molecular flexibility index (Phi) is 5.73. The summed E-state index contributed by atoms with van der Waals surface area (Å²) in [5.74, 6) is -0.400. The predicted octanol–water partition coefficient (Wildman–Crippen LogP) is 2.77. The summed E-state index contributed by atoms with van der Waals surface area (Å²) in [6, 6.07) is 14.0. The fraction of sp³-hybridized carbons (Fsp3) is 0.261. The average Bonchev–Trinajstić information content (AvgIpc) is 2.73. The Hall–Kier alpha value is -3.65. The van der Waals surface area contributed by atoms with E-state index in [0.29, 0.717) is 30.8 Å². The van der Waals surface area contributed by atoms with Crippen molar-refractivity contribution in [2.45, 2.75) is 32.5 Å². The van der Waals surface area contributed by atoms with Gasteiger partial charge in [-0.15, -0.1) is 0 Å². The van der Waals surface area contributed by atoms with Gasteiger partial charge < -0.3 is 14.9 Å². The van der Waals surface area contributed by atoms with E-state index in [9.17, 15) is 14.4 Å². The molecule has 4 rings (SSSR count). The fourth-order valence-corrected chi connectivity index (χ4v) is 3.97. The third-order valence-electron chi connectivity index (χ3n) is 5.40. The largest absolute Gasteiger partial charge is 0.450 e. The molecule has 160 valence electrons. The maximum absolute atomic E-state index is 12.2. The molecule has 0 aliphatic carbocycles. The Morgan fingerprint density at radius 3 is 2.71 bits per heavy atom. The molecule has 3 N–H and O–H groups in total. The topological polar surface area (TPSA) is 115 Å². The van der Waals surface area contributed by atoms with Crippen LogP contribution in [0.5, 0.6) is 0 Å². The number of nitrogens with two attached hydrogens (primary N) is 1. The van der Waals surface area contributed by atoms with Gasteiger partial charge >= 0.3 is 11.7 Å². The minimum absolute atomic E-state index is 0.249. The summed E-state index contributed by atoms with van der Waals surface area (Å²) in [4.78, 5) is 38.0. The summed E-state index contributed by atoms with van der Waals surface area (Å²) < 4.78 is 10.2. The van der Waals surface area contributed by atoms with Gasteiger partial charge in [-0.2, -0.15) is 0 Å². The van der Waals surface area contributed by atoms with Crippen LogP contribution in [-0.4, -0.2) is 29.5 Å². The molecule has 2 heterocycles. The average molecular weight is 421 g/mol. The standard InChI is InChI=1S/C23H23N3O5/c1-2-30-23(29)25-17-7-8-18-16(10-21(27)31-20(18)11-17)13-26-12-15-6-4-3-5-14(15)9-19(26)22(24)28/h3-8,10-11,19H,2,9,12-13H2,1H3,(H2,24,28)(H,25,29). The van der Waals surface area contributed by atoms with E-state index in [1.54, 1.807) is 25.1 Å². The van der Waals surface area contributed by atoms with Crippen LogP contribution in [0, 0.1) is 0 Å². The van der Waals surface area contributed by atoms with Crippen LogP contribution in [0.4, 0.5) is 10.5 Å². The molecule has 31 heavy (non-hydrogen) atoms. The minimum Gasteiger partial charge on any atom is -0.450 e. The summed E-state index contributed by atoms with van der Waals surface area (Å²) in [5.41, 5.74) is 8.93. The van der Waals surface area contributed by atoms with Gasteiger partial charge in [0.05, 0.1) is 12.6 Å². The van der Waals surface area contributed by atoms with E-state index in [2.05, 4.69) is 5.32 Å². The molecule has 1 aromatic heterocycles. The summed E-state index contributed by atoms with van der Waals surface area (Å²) in [6.45, 7) is 2.87. The molecule has 1 unspecified atom stereocenters. The monoisotopic (exact) mass is 421 g/mol. The third-order valence-corrected chi connectivity index (χ3v) is 5.40. The minimum atomic E-state index is -0.586. The van der Waals surface area contributed by atoms with E-state index in [4.69, 9.17) is 14.9 Å². The molecule has 1 aliphatic heterocycles. The molecule has 0 fully saturated rings. The van der Waals surface area contributed by atoms with E-state index in [-0.39, 0.29) is 6.61 Å². The Morgan fingerprint density at radius 2 is 1.97 bits per heavy atom. The maximum Gasteiger partial charge on any atom is 0.411 e. The lowest BCUT2D eigenvalue weighted by Gasteiger charge is -2.35. The lowest BCUT2D eigenvalue weighted by atomic mass is 9.93. The van der Waals surface area contributed by atoms with Crippen molar-refractivity contribution in [3.8, 4) is 0 Å². The van der Waals surface area contributed by atoms with Crippen LogP contribution in [0.15, 0.2) is 57.7 Å². The van der Waals surface area contributed by atoms with Crippen LogP contribution in [0.2, 0.25) is 0 Å². The zero-order valence-electron chi connectivity index (χ0n) is 17.1.